The second-order valence-electron chi connectivity index (χ2n) is 2.94. The topological polar surface area (TPSA) is 61.8 Å². The Morgan fingerprint density at radius 3 is 2.44 bits per heavy atom. The molecule has 0 amide bonds. The SMILES string of the molecule is CCOC(=O)CCCCOP(=O)(Cl)OCC. The summed E-state index contributed by atoms with van der Waals surface area (Å²) in [6, 6.07) is 0. The summed E-state index contributed by atoms with van der Waals surface area (Å²) in [5.41, 5.74) is 0. The van der Waals surface area contributed by atoms with Crippen molar-refractivity contribution < 1.29 is 23.1 Å². The van der Waals surface area contributed by atoms with E-state index in [-0.39, 0.29) is 19.2 Å². The molecule has 0 aromatic carbocycles. The molecule has 7 heteroatoms. The Morgan fingerprint density at radius 2 is 1.88 bits per heavy atom. The summed E-state index contributed by atoms with van der Waals surface area (Å²) < 4.78 is 25.5. The first-order valence-electron chi connectivity index (χ1n) is 5.26. The quantitative estimate of drug-likeness (QED) is 0.367. The van der Waals surface area contributed by atoms with Gasteiger partial charge in [-0.25, -0.2) is 4.57 Å². The molecule has 0 radical (unpaired) electrons. The third-order valence-electron chi connectivity index (χ3n) is 1.61. The molecule has 0 aromatic heterocycles. The number of carbonyl (C=O) groups excluding carboxylic acids is 1. The number of unbranched alkanes of at least 4 members (excludes halogenated alkanes) is 1. The monoisotopic (exact) mass is 272 g/mol. The van der Waals surface area contributed by atoms with Gasteiger partial charge in [-0.1, -0.05) is 0 Å². The van der Waals surface area contributed by atoms with Crippen LogP contribution in [0.4, 0.5) is 0 Å². The van der Waals surface area contributed by atoms with E-state index in [9.17, 15) is 9.36 Å². The Kier molecular flexibility index (Phi) is 8.94. The van der Waals surface area contributed by atoms with Crippen molar-refractivity contribution in [3.8, 4) is 0 Å². The van der Waals surface area contributed by atoms with Crippen LogP contribution in [0.2, 0.25) is 0 Å². The van der Waals surface area contributed by atoms with Gasteiger partial charge in [0, 0.05) is 17.7 Å². The third-order valence-corrected chi connectivity index (χ3v) is 3.25. The van der Waals surface area contributed by atoms with Crippen molar-refractivity contribution in [2.24, 2.45) is 0 Å². The van der Waals surface area contributed by atoms with Gasteiger partial charge in [0.05, 0.1) is 19.8 Å². The minimum atomic E-state index is -3.41. The minimum Gasteiger partial charge on any atom is -0.466 e. The van der Waals surface area contributed by atoms with Crippen molar-refractivity contribution >= 4 is 24.2 Å². The molecule has 0 bridgehead atoms. The first-order chi connectivity index (χ1) is 7.52. The van der Waals surface area contributed by atoms with Crippen LogP contribution >= 0.6 is 18.2 Å². The fourth-order valence-electron chi connectivity index (χ4n) is 0.970. The van der Waals surface area contributed by atoms with E-state index in [1.165, 1.54) is 0 Å². The van der Waals surface area contributed by atoms with Crippen LogP contribution in [0.3, 0.4) is 0 Å². The summed E-state index contributed by atoms with van der Waals surface area (Å²) >= 11 is 5.45. The first kappa shape index (κ1) is 15.9. The van der Waals surface area contributed by atoms with Crippen LogP contribution in [-0.4, -0.2) is 25.8 Å². The number of hydrogen-bond acceptors (Lipinski definition) is 5. The van der Waals surface area contributed by atoms with Crippen molar-refractivity contribution in [2.45, 2.75) is 33.1 Å². The molecule has 0 aliphatic carbocycles. The zero-order valence-electron chi connectivity index (χ0n) is 9.61. The van der Waals surface area contributed by atoms with E-state index in [2.05, 4.69) is 0 Å². The Labute approximate surface area is 101 Å². The predicted octanol–water partition coefficient (Wildman–Crippen LogP) is 3.12. The van der Waals surface area contributed by atoms with Crippen molar-refractivity contribution in [3.63, 3.8) is 0 Å². The molecule has 0 N–H and O–H groups in total. The van der Waals surface area contributed by atoms with Gasteiger partial charge < -0.3 is 4.74 Å². The van der Waals surface area contributed by atoms with Crippen molar-refractivity contribution in [2.75, 3.05) is 19.8 Å². The Morgan fingerprint density at radius 1 is 1.19 bits per heavy atom. The van der Waals surface area contributed by atoms with E-state index < -0.39 is 6.95 Å². The molecule has 0 heterocycles. The number of rotatable bonds is 9. The zero-order chi connectivity index (χ0) is 12.4. The number of carbonyl (C=O) groups is 1. The maximum absolute atomic E-state index is 11.2. The van der Waals surface area contributed by atoms with Gasteiger partial charge in [0.2, 0.25) is 0 Å². The number of esters is 1. The van der Waals surface area contributed by atoms with Crippen LogP contribution in [0.5, 0.6) is 0 Å². The second-order valence-corrected chi connectivity index (χ2v) is 5.56. The third kappa shape index (κ3) is 9.16. The normalized spacial score (nSPS) is 14.4. The summed E-state index contributed by atoms with van der Waals surface area (Å²) in [6.07, 6.45) is 1.53. The van der Waals surface area contributed by atoms with Gasteiger partial charge in [-0.2, -0.15) is 0 Å². The molecular formula is C9H18ClO5P. The summed E-state index contributed by atoms with van der Waals surface area (Å²) in [6.45, 7) is 0.857. The fraction of sp³-hybridized carbons (Fsp3) is 0.889. The Bertz CT molecular complexity index is 246. The standard InChI is InChI=1S/C9H18ClO5P/c1-3-13-9(11)7-5-6-8-15-16(10,12)14-4-2/h3-8H2,1-2H3. The smallest absolute Gasteiger partial charge is 0.424 e. The lowest BCUT2D eigenvalue weighted by molar-refractivity contribution is -0.143. The van der Waals surface area contributed by atoms with Gasteiger partial charge in [0.25, 0.3) is 0 Å². The lowest BCUT2D eigenvalue weighted by Crippen LogP contribution is -2.04. The highest BCUT2D eigenvalue weighted by Crippen LogP contribution is 2.53. The molecule has 5 nitrogen and oxygen atoms in total. The maximum Gasteiger partial charge on any atom is 0.424 e. The molecule has 0 aromatic rings. The average molecular weight is 273 g/mol. The van der Waals surface area contributed by atoms with Crippen LogP contribution in [0, 0.1) is 0 Å². The van der Waals surface area contributed by atoms with E-state index in [0.29, 0.717) is 25.9 Å². The van der Waals surface area contributed by atoms with E-state index >= 15 is 0 Å². The average Bonchev–Trinajstić information content (AvgIpc) is 2.17. The molecule has 0 aliphatic heterocycles. The second kappa shape index (κ2) is 8.99. The van der Waals surface area contributed by atoms with Crippen LogP contribution < -0.4 is 0 Å². The fourth-order valence-corrected chi connectivity index (χ4v) is 2.20. The Hall–Kier alpha value is -0.0900. The van der Waals surface area contributed by atoms with Gasteiger partial charge in [0.15, 0.2) is 0 Å². The summed E-state index contributed by atoms with van der Waals surface area (Å²) in [4.78, 5) is 10.9. The molecule has 0 saturated carbocycles. The summed E-state index contributed by atoms with van der Waals surface area (Å²) in [7, 11) is 0. The lowest BCUT2D eigenvalue weighted by atomic mass is 10.2. The van der Waals surface area contributed by atoms with Crippen LogP contribution in [0.25, 0.3) is 0 Å². The van der Waals surface area contributed by atoms with Gasteiger partial charge in [-0.05, 0) is 26.7 Å². The van der Waals surface area contributed by atoms with Crippen molar-refractivity contribution in [1.82, 2.24) is 0 Å². The van der Waals surface area contributed by atoms with E-state index in [4.69, 9.17) is 25.0 Å². The maximum atomic E-state index is 11.2. The first-order valence-corrected chi connectivity index (χ1v) is 7.71. The molecule has 0 spiro atoms. The molecule has 96 valence electrons. The zero-order valence-corrected chi connectivity index (χ0v) is 11.3. The lowest BCUT2D eigenvalue weighted by Gasteiger charge is -2.09. The van der Waals surface area contributed by atoms with Crippen molar-refractivity contribution in [1.29, 1.82) is 0 Å². The number of ether oxygens (including phenoxy) is 1. The predicted molar refractivity (Wildman–Crippen MR) is 61.5 cm³/mol. The van der Waals surface area contributed by atoms with E-state index in [1.807, 2.05) is 0 Å². The molecule has 1 unspecified atom stereocenters. The van der Waals surface area contributed by atoms with Gasteiger partial charge in [-0.3, -0.25) is 13.8 Å². The number of hydrogen-bond donors (Lipinski definition) is 0. The minimum absolute atomic E-state index is 0.209. The largest absolute Gasteiger partial charge is 0.466 e. The molecule has 0 fully saturated rings. The van der Waals surface area contributed by atoms with E-state index in [0.717, 1.165) is 0 Å². The Balaban J connectivity index is 3.46. The van der Waals surface area contributed by atoms with Crippen molar-refractivity contribution in [3.05, 3.63) is 0 Å². The summed E-state index contributed by atoms with van der Waals surface area (Å²) in [5, 5.41) is 0. The van der Waals surface area contributed by atoms with Gasteiger partial charge in [-0.15, -0.1) is 0 Å². The highest BCUT2D eigenvalue weighted by molar-refractivity contribution is 7.81. The van der Waals surface area contributed by atoms with E-state index in [1.54, 1.807) is 13.8 Å². The molecular weight excluding hydrogens is 255 g/mol. The van der Waals surface area contributed by atoms with Gasteiger partial charge >= 0.3 is 12.9 Å². The van der Waals surface area contributed by atoms with Crippen LogP contribution in [0.15, 0.2) is 0 Å². The number of halogens is 1. The van der Waals surface area contributed by atoms with Gasteiger partial charge in [0.1, 0.15) is 0 Å². The summed E-state index contributed by atoms with van der Waals surface area (Å²) in [5.74, 6) is -0.235. The highest BCUT2D eigenvalue weighted by atomic mass is 35.7. The molecule has 1 atom stereocenters. The highest BCUT2D eigenvalue weighted by Gasteiger charge is 2.19. The molecule has 0 saturated heterocycles. The molecule has 16 heavy (non-hydrogen) atoms. The molecule has 0 rings (SSSR count). The molecule has 0 aliphatic rings. The van der Waals surface area contributed by atoms with Crippen LogP contribution in [-0.2, 0) is 23.1 Å². The van der Waals surface area contributed by atoms with Crippen LogP contribution in [0.1, 0.15) is 33.1 Å².